The first-order valence-corrected chi connectivity index (χ1v) is 4.10. The lowest BCUT2D eigenvalue weighted by Crippen LogP contribution is -2.36. The van der Waals surface area contributed by atoms with Crippen LogP contribution >= 0.6 is 0 Å². The van der Waals surface area contributed by atoms with Crippen LogP contribution in [0.2, 0.25) is 0 Å². The number of hydrogen-bond acceptors (Lipinski definition) is 4. The van der Waals surface area contributed by atoms with E-state index in [1.165, 1.54) is 6.34 Å². The number of nitrogens with one attached hydrogen (secondary N) is 1. The summed E-state index contributed by atoms with van der Waals surface area (Å²) in [6.45, 7) is 0. The maximum absolute atomic E-state index is 10.5. The molecule has 14 heavy (non-hydrogen) atoms. The van der Waals surface area contributed by atoms with Gasteiger partial charge in [-0.15, -0.1) is 10.2 Å². The molecule has 0 spiro atoms. The molecule has 1 heterocycles. The predicted octanol–water partition coefficient (Wildman–Crippen LogP) is 1.04. The molecule has 0 saturated heterocycles. The number of hydrogen-bond donors (Lipinski definition) is 1. The van der Waals surface area contributed by atoms with Gasteiger partial charge in [0.2, 0.25) is 6.41 Å². The molecule has 1 N–H and O–H groups in total. The van der Waals surface area contributed by atoms with Crippen molar-refractivity contribution in [2.24, 2.45) is 15.2 Å². The molecule has 0 fully saturated rings. The predicted molar refractivity (Wildman–Crippen MR) is 50.7 cm³/mol. The molecule has 0 aromatic heterocycles. The van der Waals surface area contributed by atoms with Crippen molar-refractivity contribution in [3.63, 3.8) is 0 Å². The summed E-state index contributed by atoms with van der Waals surface area (Å²) >= 11 is 0. The van der Waals surface area contributed by atoms with Gasteiger partial charge in [-0.25, -0.2) is 4.99 Å². The second-order valence-electron chi connectivity index (χ2n) is 2.76. The first-order valence-electron chi connectivity index (χ1n) is 4.10. The minimum Gasteiger partial charge on any atom is -0.311 e. The fraction of sp³-hybridized carbons (Fsp3) is 0.111. The van der Waals surface area contributed by atoms with Gasteiger partial charge >= 0.3 is 0 Å². The number of azo groups is 1. The molecule has 5 nitrogen and oxygen atoms in total. The highest BCUT2D eigenvalue weighted by Gasteiger charge is 2.32. The Morgan fingerprint density at radius 3 is 2.64 bits per heavy atom. The molecular weight excluding hydrogens is 180 g/mol. The zero-order valence-electron chi connectivity index (χ0n) is 7.29. The van der Waals surface area contributed by atoms with Gasteiger partial charge < -0.3 is 5.32 Å². The van der Waals surface area contributed by atoms with Crippen LogP contribution in [0.25, 0.3) is 0 Å². The Kier molecular flexibility index (Phi) is 2.06. The molecule has 0 aliphatic carbocycles. The van der Waals surface area contributed by atoms with Gasteiger partial charge in [-0.05, 0) is 0 Å². The van der Waals surface area contributed by atoms with Crippen LogP contribution in [0.15, 0.2) is 45.6 Å². The topological polar surface area (TPSA) is 66.2 Å². The first kappa shape index (κ1) is 8.55. The van der Waals surface area contributed by atoms with Crippen LogP contribution in [0, 0.1) is 0 Å². The van der Waals surface area contributed by atoms with Gasteiger partial charge in [0.1, 0.15) is 6.34 Å². The van der Waals surface area contributed by atoms with E-state index in [1.807, 2.05) is 30.3 Å². The molecule has 1 amide bonds. The van der Waals surface area contributed by atoms with Gasteiger partial charge in [0.15, 0.2) is 0 Å². The highest BCUT2D eigenvalue weighted by molar-refractivity contribution is 5.60. The number of benzene rings is 1. The lowest BCUT2D eigenvalue weighted by molar-refractivity contribution is -0.111. The van der Waals surface area contributed by atoms with Crippen molar-refractivity contribution in [1.29, 1.82) is 0 Å². The fourth-order valence-electron chi connectivity index (χ4n) is 1.28. The number of carbonyl (C=O) groups is 1. The third-order valence-electron chi connectivity index (χ3n) is 1.94. The van der Waals surface area contributed by atoms with E-state index in [0.29, 0.717) is 6.41 Å². The number of rotatable bonds is 3. The second kappa shape index (κ2) is 3.37. The van der Waals surface area contributed by atoms with Crippen LogP contribution in [0.5, 0.6) is 0 Å². The first-order chi connectivity index (χ1) is 6.87. The maximum atomic E-state index is 10.5. The molecular formula is C9H8N4O. The highest BCUT2D eigenvalue weighted by atomic mass is 16.1. The van der Waals surface area contributed by atoms with E-state index in [0.717, 1.165) is 5.56 Å². The van der Waals surface area contributed by atoms with Crippen LogP contribution < -0.4 is 5.32 Å². The summed E-state index contributed by atoms with van der Waals surface area (Å²) in [5.74, 6) is -1.05. The largest absolute Gasteiger partial charge is 0.311 e. The fourth-order valence-corrected chi connectivity index (χ4v) is 1.28. The smallest absolute Gasteiger partial charge is 0.274 e. The van der Waals surface area contributed by atoms with Gasteiger partial charge in [0.05, 0.1) is 0 Å². The molecule has 5 heteroatoms. The van der Waals surface area contributed by atoms with Crippen LogP contribution in [0.4, 0.5) is 0 Å². The molecule has 0 saturated carbocycles. The van der Waals surface area contributed by atoms with E-state index in [9.17, 15) is 4.79 Å². The zero-order chi connectivity index (χ0) is 9.86. The van der Waals surface area contributed by atoms with Crippen molar-refractivity contribution in [3.8, 4) is 0 Å². The monoisotopic (exact) mass is 188 g/mol. The maximum Gasteiger partial charge on any atom is 0.274 e. The average molecular weight is 188 g/mol. The Morgan fingerprint density at radius 2 is 2.07 bits per heavy atom. The van der Waals surface area contributed by atoms with Crippen LogP contribution in [-0.4, -0.2) is 12.7 Å². The van der Waals surface area contributed by atoms with E-state index in [-0.39, 0.29) is 0 Å². The van der Waals surface area contributed by atoms with E-state index >= 15 is 0 Å². The van der Waals surface area contributed by atoms with Crippen molar-refractivity contribution in [2.45, 2.75) is 5.79 Å². The number of carbonyl (C=O) groups excluding carboxylic acids is 1. The molecule has 0 bridgehead atoms. The van der Waals surface area contributed by atoms with Crippen LogP contribution in [-0.2, 0) is 10.6 Å². The van der Waals surface area contributed by atoms with Gasteiger partial charge in [0, 0.05) is 5.56 Å². The van der Waals surface area contributed by atoms with Gasteiger partial charge in [-0.1, -0.05) is 30.3 Å². The third-order valence-corrected chi connectivity index (χ3v) is 1.94. The van der Waals surface area contributed by atoms with E-state index in [1.54, 1.807) is 0 Å². The standard InChI is InChI=1S/C9H8N4O/c14-7-11-9(10-6-12-13-9)8-4-2-1-3-5-8/h1-7H,(H,11,14). The minimum atomic E-state index is -1.05. The second-order valence-corrected chi connectivity index (χ2v) is 2.76. The number of nitrogens with zero attached hydrogens (tertiary/aromatic N) is 3. The van der Waals surface area contributed by atoms with E-state index in [4.69, 9.17) is 0 Å². The van der Waals surface area contributed by atoms with Crippen molar-refractivity contribution in [1.82, 2.24) is 5.32 Å². The summed E-state index contributed by atoms with van der Waals surface area (Å²) in [4.78, 5) is 14.5. The number of amides is 1. The Labute approximate surface area is 80.6 Å². The van der Waals surface area contributed by atoms with Crippen molar-refractivity contribution >= 4 is 12.7 Å². The molecule has 1 aliphatic rings. The summed E-state index contributed by atoms with van der Waals surface area (Å²) in [5, 5.41) is 10.1. The summed E-state index contributed by atoms with van der Waals surface area (Å²) in [6.07, 6.45) is 1.89. The molecule has 0 radical (unpaired) electrons. The lowest BCUT2D eigenvalue weighted by atomic mass is 10.1. The highest BCUT2D eigenvalue weighted by Crippen LogP contribution is 2.26. The van der Waals surface area contributed by atoms with Gasteiger partial charge in [-0.3, -0.25) is 4.79 Å². The summed E-state index contributed by atoms with van der Waals surface area (Å²) in [6, 6.07) is 9.25. The third kappa shape index (κ3) is 1.28. The Bertz CT molecular complexity index is 373. The van der Waals surface area contributed by atoms with E-state index < -0.39 is 5.79 Å². The van der Waals surface area contributed by atoms with Crippen molar-refractivity contribution in [2.75, 3.05) is 0 Å². The Morgan fingerprint density at radius 1 is 1.29 bits per heavy atom. The summed E-state index contributed by atoms with van der Waals surface area (Å²) < 4.78 is 0. The molecule has 1 atom stereocenters. The zero-order valence-corrected chi connectivity index (χ0v) is 7.29. The molecule has 1 unspecified atom stereocenters. The molecule has 1 aromatic rings. The lowest BCUT2D eigenvalue weighted by Gasteiger charge is -2.20. The molecule has 1 aromatic carbocycles. The van der Waals surface area contributed by atoms with Crippen LogP contribution in [0.3, 0.4) is 0 Å². The number of aliphatic imine (C=N–C) groups is 1. The Balaban J connectivity index is 2.42. The minimum absolute atomic E-state index is 0.564. The Hall–Kier alpha value is -2.04. The quantitative estimate of drug-likeness (QED) is 0.707. The van der Waals surface area contributed by atoms with Crippen LogP contribution in [0.1, 0.15) is 5.56 Å². The summed E-state index contributed by atoms with van der Waals surface area (Å²) in [7, 11) is 0. The van der Waals surface area contributed by atoms with E-state index in [2.05, 4.69) is 20.5 Å². The SMILES string of the molecule is O=CNC1(c2ccccc2)N=CN=N1. The average Bonchev–Trinajstić information content (AvgIpc) is 2.70. The van der Waals surface area contributed by atoms with Crippen molar-refractivity contribution < 1.29 is 4.79 Å². The van der Waals surface area contributed by atoms with Gasteiger partial charge in [0.25, 0.3) is 5.79 Å². The molecule has 70 valence electrons. The van der Waals surface area contributed by atoms with Crippen molar-refractivity contribution in [3.05, 3.63) is 35.9 Å². The summed E-state index contributed by atoms with van der Waals surface area (Å²) in [5.41, 5.74) is 0.782. The normalized spacial score (nSPS) is 23.7. The van der Waals surface area contributed by atoms with Gasteiger partial charge in [-0.2, -0.15) is 0 Å². The molecule has 1 aliphatic heterocycles. The molecule has 2 rings (SSSR count).